The molecule has 1 aliphatic carbocycles. The standard InChI is InChI=1S/C33H32Cl2N2O2S/c1-33(2,3)23-9-16-28-29(18-23)40-32(30(28)31(38)37-26-14-12-25(35)13-15-26)36-19-22-5-4-6-27(17-22)39-20-21-7-10-24(34)11-8-21/h4-8,10-15,17,19,23H,9,16,18,20H2,1-3H3,(H,37,38)/t23-/m0/s1. The molecule has 0 spiro atoms. The first kappa shape index (κ1) is 28.4. The maximum absolute atomic E-state index is 13.6. The number of anilines is 1. The SMILES string of the molecule is CC(C)(C)[C@H]1CCc2c(sc(N=Cc3cccc(OCc4ccc(Cl)cc4)c3)c2C(=O)Nc2ccc(Cl)cc2)C1. The number of aliphatic imine (C=N–C) groups is 1. The average Bonchev–Trinajstić information content (AvgIpc) is 3.30. The van der Waals surface area contributed by atoms with Crippen LogP contribution in [0.5, 0.6) is 5.75 Å². The van der Waals surface area contributed by atoms with Gasteiger partial charge in [0, 0.05) is 26.8 Å². The lowest BCUT2D eigenvalue weighted by atomic mass is 9.72. The molecule has 4 aromatic rings. The molecule has 0 saturated heterocycles. The van der Waals surface area contributed by atoms with Crippen molar-refractivity contribution in [2.75, 3.05) is 5.32 Å². The molecule has 5 rings (SSSR count). The van der Waals surface area contributed by atoms with Crippen LogP contribution >= 0.6 is 34.5 Å². The van der Waals surface area contributed by atoms with Crippen LogP contribution in [0.2, 0.25) is 10.0 Å². The summed E-state index contributed by atoms with van der Waals surface area (Å²) in [6.45, 7) is 7.34. The summed E-state index contributed by atoms with van der Waals surface area (Å²) < 4.78 is 6.00. The highest BCUT2D eigenvalue weighted by Crippen LogP contribution is 2.45. The molecule has 1 heterocycles. The number of amides is 1. The van der Waals surface area contributed by atoms with Crippen molar-refractivity contribution in [1.29, 1.82) is 0 Å². The first-order chi connectivity index (χ1) is 19.2. The van der Waals surface area contributed by atoms with Gasteiger partial charge in [-0.3, -0.25) is 4.79 Å². The monoisotopic (exact) mass is 590 g/mol. The van der Waals surface area contributed by atoms with Crippen molar-refractivity contribution in [3.05, 3.63) is 110 Å². The van der Waals surface area contributed by atoms with Gasteiger partial charge in [0.05, 0.1) is 5.56 Å². The molecule has 0 bridgehead atoms. The van der Waals surface area contributed by atoms with Gasteiger partial charge in [-0.25, -0.2) is 4.99 Å². The summed E-state index contributed by atoms with van der Waals surface area (Å²) in [7, 11) is 0. The van der Waals surface area contributed by atoms with E-state index in [-0.39, 0.29) is 11.3 Å². The zero-order valence-corrected chi connectivity index (χ0v) is 25.2. The molecule has 40 heavy (non-hydrogen) atoms. The van der Waals surface area contributed by atoms with E-state index in [2.05, 4.69) is 26.1 Å². The summed E-state index contributed by atoms with van der Waals surface area (Å²) in [6.07, 6.45) is 4.71. The van der Waals surface area contributed by atoms with Gasteiger partial charge in [-0.2, -0.15) is 0 Å². The predicted molar refractivity (Wildman–Crippen MR) is 168 cm³/mol. The van der Waals surface area contributed by atoms with Gasteiger partial charge in [0.25, 0.3) is 5.91 Å². The van der Waals surface area contributed by atoms with E-state index in [1.165, 1.54) is 4.88 Å². The molecule has 0 unspecified atom stereocenters. The minimum atomic E-state index is -0.138. The van der Waals surface area contributed by atoms with E-state index in [0.717, 1.165) is 46.7 Å². The lowest BCUT2D eigenvalue weighted by Gasteiger charge is -2.33. The van der Waals surface area contributed by atoms with E-state index in [0.29, 0.717) is 33.8 Å². The van der Waals surface area contributed by atoms with Crippen molar-refractivity contribution < 1.29 is 9.53 Å². The maximum Gasteiger partial charge on any atom is 0.259 e. The second-order valence-corrected chi connectivity index (χ2v) is 13.2. The van der Waals surface area contributed by atoms with Crippen LogP contribution in [0.1, 0.15) is 59.1 Å². The van der Waals surface area contributed by atoms with E-state index in [1.54, 1.807) is 23.5 Å². The quantitative estimate of drug-likeness (QED) is 0.218. The molecule has 0 fully saturated rings. The first-order valence-electron chi connectivity index (χ1n) is 13.4. The van der Waals surface area contributed by atoms with Gasteiger partial charge in [0.1, 0.15) is 17.4 Å². The Kier molecular flexibility index (Phi) is 8.65. The van der Waals surface area contributed by atoms with Crippen molar-refractivity contribution in [3.63, 3.8) is 0 Å². The molecule has 0 saturated carbocycles. The lowest BCUT2D eigenvalue weighted by Crippen LogP contribution is -2.27. The largest absolute Gasteiger partial charge is 0.489 e. The summed E-state index contributed by atoms with van der Waals surface area (Å²) >= 11 is 13.7. The highest BCUT2D eigenvalue weighted by atomic mass is 35.5. The Labute approximate surface area is 250 Å². The topological polar surface area (TPSA) is 50.7 Å². The lowest BCUT2D eigenvalue weighted by molar-refractivity contribution is 0.102. The van der Waals surface area contributed by atoms with Crippen LogP contribution in [0.4, 0.5) is 10.7 Å². The Morgan fingerprint density at radius 3 is 2.45 bits per heavy atom. The molecule has 1 aromatic heterocycles. The fourth-order valence-electron chi connectivity index (χ4n) is 4.93. The van der Waals surface area contributed by atoms with Crippen LogP contribution in [0.3, 0.4) is 0 Å². The van der Waals surface area contributed by atoms with E-state index in [1.807, 2.05) is 66.9 Å². The number of hydrogen-bond acceptors (Lipinski definition) is 4. The Balaban J connectivity index is 1.40. The van der Waals surface area contributed by atoms with E-state index in [4.69, 9.17) is 32.9 Å². The smallest absolute Gasteiger partial charge is 0.259 e. The Morgan fingerprint density at radius 2 is 1.75 bits per heavy atom. The molecule has 206 valence electrons. The van der Waals surface area contributed by atoms with Gasteiger partial charge in [0.15, 0.2) is 0 Å². The van der Waals surface area contributed by atoms with E-state index >= 15 is 0 Å². The van der Waals surface area contributed by atoms with Gasteiger partial charge in [-0.05, 0) is 95.8 Å². The van der Waals surface area contributed by atoms with Crippen molar-refractivity contribution in [3.8, 4) is 5.75 Å². The van der Waals surface area contributed by atoms with Gasteiger partial charge >= 0.3 is 0 Å². The highest BCUT2D eigenvalue weighted by Gasteiger charge is 2.33. The Morgan fingerprint density at radius 1 is 1.05 bits per heavy atom. The van der Waals surface area contributed by atoms with Crippen LogP contribution in [0, 0.1) is 11.3 Å². The Bertz CT molecular complexity index is 1520. The molecule has 1 aliphatic rings. The molecule has 0 aliphatic heterocycles. The summed E-state index contributed by atoms with van der Waals surface area (Å²) in [4.78, 5) is 19.7. The molecular formula is C33H32Cl2N2O2S. The second kappa shape index (κ2) is 12.2. The fourth-order valence-corrected chi connectivity index (χ4v) is 6.45. The third kappa shape index (κ3) is 6.95. The van der Waals surface area contributed by atoms with Gasteiger partial charge in [-0.1, -0.05) is 68.2 Å². The normalized spacial score (nSPS) is 15.2. The zero-order chi connectivity index (χ0) is 28.3. The molecular weight excluding hydrogens is 559 g/mol. The number of hydrogen-bond donors (Lipinski definition) is 1. The van der Waals surface area contributed by atoms with Gasteiger partial charge < -0.3 is 10.1 Å². The third-order valence-corrected chi connectivity index (χ3v) is 8.97. The Hall–Kier alpha value is -3.12. The number of carbonyl (C=O) groups is 1. The van der Waals surface area contributed by atoms with E-state index < -0.39 is 0 Å². The minimum absolute atomic E-state index is 0.138. The molecule has 1 amide bonds. The molecule has 3 aromatic carbocycles. The number of fused-ring (bicyclic) bond motifs is 1. The van der Waals surface area contributed by atoms with Crippen LogP contribution in [-0.4, -0.2) is 12.1 Å². The number of carbonyl (C=O) groups excluding carboxylic acids is 1. The summed E-state index contributed by atoms with van der Waals surface area (Å²) in [5.74, 6) is 1.18. The number of nitrogens with one attached hydrogen (secondary N) is 1. The molecule has 4 nitrogen and oxygen atoms in total. The summed E-state index contributed by atoms with van der Waals surface area (Å²) in [5.41, 5.74) is 4.66. The first-order valence-corrected chi connectivity index (χ1v) is 15.0. The van der Waals surface area contributed by atoms with Crippen molar-refractivity contribution in [1.82, 2.24) is 0 Å². The second-order valence-electron chi connectivity index (χ2n) is 11.2. The predicted octanol–water partition coefficient (Wildman–Crippen LogP) is 9.79. The summed E-state index contributed by atoms with van der Waals surface area (Å²) in [6, 6.07) is 22.6. The zero-order valence-electron chi connectivity index (χ0n) is 22.8. The molecule has 0 radical (unpaired) electrons. The minimum Gasteiger partial charge on any atom is -0.489 e. The maximum atomic E-state index is 13.6. The molecule has 1 N–H and O–H groups in total. The van der Waals surface area contributed by atoms with Crippen molar-refractivity contribution in [2.24, 2.45) is 16.3 Å². The summed E-state index contributed by atoms with van der Waals surface area (Å²) in [5, 5.41) is 5.12. The highest BCUT2D eigenvalue weighted by molar-refractivity contribution is 7.16. The number of nitrogens with zero attached hydrogens (tertiary/aromatic N) is 1. The average molecular weight is 592 g/mol. The molecule has 1 atom stereocenters. The third-order valence-electron chi connectivity index (χ3n) is 7.31. The number of ether oxygens (including phenoxy) is 1. The van der Waals surface area contributed by atoms with Crippen LogP contribution in [-0.2, 0) is 19.4 Å². The van der Waals surface area contributed by atoms with Crippen LogP contribution in [0.15, 0.2) is 77.8 Å². The number of halogens is 2. The number of rotatable bonds is 7. The number of benzene rings is 3. The van der Waals surface area contributed by atoms with Gasteiger partial charge in [0.2, 0.25) is 0 Å². The van der Waals surface area contributed by atoms with Crippen LogP contribution < -0.4 is 10.1 Å². The van der Waals surface area contributed by atoms with Crippen molar-refractivity contribution >= 4 is 57.3 Å². The van der Waals surface area contributed by atoms with Gasteiger partial charge in [-0.15, -0.1) is 11.3 Å². The number of thiophene rings is 1. The van der Waals surface area contributed by atoms with Crippen molar-refractivity contribution in [2.45, 2.75) is 46.6 Å². The van der Waals surface area contributed by atoms with Crippen LogP contribution in [0.25, 0.3) is 0 Å². The van der Waals surface area contributed by atoms with E-state index in [9.17, 15) is 4.79 Å². The molecule has 7 heteroatoms. The fraction of sp³-hybridized carbons (Fsp3) is 0.273.